The summed E-state index contributed by atoms with van der Waals surface area (Å²) in [6, 6.07) is 5.43. The van der Waals surface area contributed by atoms with Crippen molar-refractivity contribution in [3.8, 4) is 0 Å². The Balaban J connectivity index is 0.00000729. The minimum absolute atomic E-state index is 0. The van der Waals surface area contributed by atoms with Crippen LogP contribution in [0.3, 0.4) is 0 Å². The van der Waals surface area contributed by atoms with E-state index in [2.05, 4.69) is 13.8 Å². The van der Waals surface area contributed by atoms with Crippen LogP contribution in [0.4, 0.5) is 0 Å². The van der Waals surface area contributed by atoms with Crippen molar-refractivity contribution in [2.75, 3.05) is 0 Å². The summed E-state index contributed by atoms with van der Waals surface area (Å²) in [7, 11) is -4.40. The van der Waals surface area contributed by atoms with E-state index in [-0.39, 0.29) is 34.5 Å². The Hall–Kier alpha value is 0.130. The van der Waals surface area contributed by atoms with Crippen LogP contribution in [0.1, 0.15) is 114 Å². The Labute approximate surface area is 196 Å². The van der Waals surface area contributed by atoms with Crippen molar-refractivity contribution < 1.29 is 42.5 Å². The quantitative estimate of drug-likeness (QED) is 0.245. The van der Waals surface area contributed by atoms with E-state index in [4.69, 9.17) is 0 Å². The number of hydrogen-bond acceptors (Lipinski definition) is 3. The minimum atomic E-state index is -4.40. The van der Waals surface area contributed by atoms with E-state index in [9.17, 15) is 13.0 Å². The molecule has 28 heavy (non-hydrogen) atoms. The molecule has 0 aromatic heterocycles. The van der Waals surface area contributed by atoms with Gasteiger partial charge in [0.15, 0.2) is 0 Å². The third-order valence-corrected chi connectivity index (χ3v) is 6.49. The number of aryl methyl sites for hydroxylation is 1. The molecule has 5 heteroatoms. The second-order valence-electron chi connectivity index (χ2n) is 7.94. The fourth-order valence-corrected chi connectivity index (χ4v) is 4.51. The SMILES string of the molecule is CCCCCCCCCCCC(CCCC)c1ccc(C)c(S(=O)(=O)[O-])c1.[Na+]. The summed E-state index contributed by atoms with van der Waals surface area (Å²) in [4.78, 5) is -0.0476. The summed E-state index contributed by atoms with van der Waals surface area (Å²) in [6.45, 7) is 6.12. The van der Waals surface area contributed by atoms with Crippen LogP contribution < -0.4 is 29.6 Å². The average Bonchev–Trinajstić information content (AvgIpc) is 2.62. The van der Waals surface area contributed by atoms with E-state index in [1.807, 2.05) is 6.07 Å². The molecule has 1 aromatic rings. The molecule has 0 aliphatic carbocycles. The van der Waals surface area contributed by atoms with Crippen LogP contribution in [0.25, 0.3) is 0 Å². The van der Waals surface area contributed by atoms with Gasteiger partial charge < -0.3 is 4.55 Å². The van der Waals surface area contributed by atoms with Gasteiger partial charge in [-0.3, -0.25) is 0 Å². The van der Waals surface area contributed by atoms with E-state index >= 15 is 0 Å². The minimum Gasteiger partial charge on any atom is -0.744 e. The van der Waals surface area contributed by atoms with Gasteiger partial charge in [-0.1, -0.05) is 96.6 Å². The second-order valence-corrected chi connectivity index (χ2v) is 9.28. The maximum absolute atomic E-state index is 11.5. The maximum atomic E-state index is 11.5. The fourth-order valence-electron chi connectivity index (χ4n) is 3.77. The molecule has 0 bridgehead atoms. The first kappa shape index (κ1) is 28.1. The Morgan fingerprint density at radius 2 is 1.32 bits per heavy atom. The van der Waals surface area contributed by atoms with Gasteiger partial charge in [0.1, 0.15) is 10.1 Å². The Bertz CT molecular complexity index is 629. The zero-order chi connectivity index (χ0) is 20.1. The first-order chi connectivity index (χ1) is 12.9. The smallest absolute Gasteiger partial charge is 0.744 e. The molecule has 1 unspecified atom stereocenters. The monoisotopic (exact) mass is 418 g/mol. The molecule has 0 amide bonds. The molecule has 0 N–H and O–H groups in total. The van der Waals surface area contributed by atoms with Crippen LogP contribution >= 0.6 is 0 Å². The third-order valence-electron chi connectivity index (χ3n) is 5.52. The summed E-state index contributed by atoms with van der Waals surface area (Å²) < 4.78 is 34.5. The fraction of sp³-hybridized carbons (Fsp3) is 0.739. The van der Waals surface area contributed by atoms with Crippen molar-refractivity contribution in [3.05, 3.63) is 29.3 Å². The predicted octanol–water partition coefficient (Wildman–Crippen LogP) is 4.10. The molecule has 0 saturated heterocycles. The van der Waals surface area contributed by atoms with E-state index in [1.54, 1.807) is 19.1 Å². The van der Waals surface area contributed by atoms with Crippen LogP contribution in [0.15, 0.2) is 23.1 Å². The second kappa shape index (κ2) is 15.9. The maximum Gasteiger partial charge on any atom is 1.00 e. The number of unbranched alkanes of at least 4 members (excludes halogenated alkanes) is 9. The van der Waals surface area contributed by atoms with Gasteiger partial charge in [-0.05, 0) is 42.9 Å². The van der Waals surface area contributed by atoms with E-state index in [0.717, 1.165) is 31.2 Å². The molecular formula is C23H39NaO3S. The first-order valence-corrected chi connectivity index (χ1v) is 12.4. The molecule has 3 nitrogen and oxygen atoms in total. The molecule has 1 atom stereocenters. The van der Waals surface area contributed by atoms with Gasteiger partial charge >= 0.3 is 29.6 Å². The average molecular weight is 419 g/mol. The van der Waals surface area contributed by atoms with Gasteiger partial charge in [-0.2, -0.15) is 0 Å². The van der Waals surface area contributed by atoms with Gasteiger partial charge in [-0.25, -0.2) is 8.42 Å². The molecule has 0 saturated carbocycles. The van der Waals surface area contributed by atoms with Gasteiger partial charge in [0.25, 0.3) is 0 Å². The molecular weight excluding hydrogens is 379 g/mol. The Morgan fingerprint density at radius 1 is 0.821 bits per heavy atom. The number of rotatable bonds is 15. The van der Waals surface area contributed by atoms with Crippen LogP contribution in [-0.4, -0.2) is 13.0 Å². The molecule has 0 fully saturated rings. The summed E-state index contributed by atoms with van der Waals surface area (Å²) in [5.74, 6) is 0.357. The third kappa shape index (κ3) is 11.3. The normalized spacial score (nSPS) is 12.6. The van der Waals surface area contributed by atoms with Gasteiger partial charge in [0.05, 0.1) is 4.90 Å². The van der Waals surface area contributed by atoms with Crippen molar-refractivity contribution in [1.29, 1.82) is 0 Å². The van der Waals surface area contributed by atoms with Crippen LogP contribution in [-0.2, 0) is 10.1 Å². The summed E-state index contributed by atoms with van der Waals surface area (Å²) in [5, 5.41) is 0. The van der Waals surface area contributed by atoms with Crippen LogP contribution in [0.2, 0.25) is 0 Å². The first-order valence-electron chi connectivity index (χ1n) is 11.0. The molecule has 0 aliphatic heterocycles. The standard InChI is InChI=1S/C23H40O3S.Na/c1-4-6-8-9-10-11-12-13-14-16-21(15-7-5-2)22-18-17-20(3)23(19-22)27(24,25)26;/h17-19,21H,4-16H2,1-3H3,(H,24,25,26);/q;+1/p-1. The van der Waals surface area contributed by atoms with Gasteiger partial charge in [0.2, 0.25) is 0 Å². The molecule has 0 spiro atoms. The van der Waals surface area contributed by atoms with Gasteiger partial charge in [0, 0.05) is 0 Å². The molecule has 0 aliphatic rings. The molecule has 156 valence electrons. The van der Waals surface area contributed by atoms with Crippen molar-refractivity contribution >= 4 is 10.1 Å². The zero-order valence-corrected chi connectivity index (χ0v) is 21.5. The zero-order valence-electron chi connectivity index (χ0n) is 18.6. The van der Waals surface area contributed by atoms with Crippen molar-refractivity contribution in [2.24, 2.45) is 0 Å². The number of hydrogen-bond donors (Lipinski definition) is 0. The van der Waals surface area contributed by atoms with Crippen LogP contribution in [0.5, 0.6) is 0 Å². The Morgan fingerprint density at radius 3 is 1.86 bits per heavy atom. The molecule has 1 rings (SSSR count). The Kier molecular flexibility index (Phi) is 16.0. The van der Waals surface area contributed by atoms with Crippen molar-refractivity contribution in [3.63, 3.8) is 0 Å². The molecule has 0 heterocycles. The summed E-state index contributed by atoms with van der Waals surface area (Å²) >= 11 is 0. The predicted molar refractivity (Wildman–Crippen MR) is 113 cm³/mol. The van der Waals surface area contributed by atoms with E-state index in [0.29, 0.717) is 11.5 Å². The molecule has 1 aromatic carbocycles. The van der Waals surface area contributed by atoms with E-state index in [1.165, 1.54) is 57.8 Å². The molecule has 0 radical (unpaired) electrons. The van der Waals surface area contributed by atoms with E-state index < -0.39 is 10.1 Å². The van der Waals surface area contributed by atoms with Gasteiger partial charge in [-0.15, -0.1) is 0 Å². The van der Waals surface area contributed by atoms with Crippen LogP contribution in [0, 0.1) is 6.92 Å². The van der Waals surface area contributed by atoms with Crippen molar-refractivity contribution in [1.82, 2.24) is 0 Å². The number of benzene rings is 1. The van der Waals surface area contributed by atoms with Crippen molar-refractivity contribution in [2.45, 2.75) is 115 Å². The summed E-state index contributed by atoms with van der Waals surface area (Å²) in [5.41, 5.74) is 1.56. The summed E-state index contributed by atoms with van der Waals surface area (Å²) in [6.07, 6.45) is 16.2. The largest absolute Gasteiger partial charge is 1.00 e. The topological polar surface area (TPSA) is 57.2 Å².